The van der Waals surface area contributed by atoms with Crippen LogP contribution in [-0.2, 0) is 9.53 Å². The summed E-state index contributed by atoms with van der Waals surface area (Å²) in [6.07, 6.45) is 3.87. The molecule has 2 aliphatic rings. The average Bonchev–Trinajstić information content (AvgIpc) is 3.31. The van der Waals surface area contributed by atoms with Gasteiger partial charge < -0.3 is 10.1 Å². The first-order chi connectivity index (χ1) is 13.8. The summed E-state index contributed by atoms with van der Waals surface area (Å²) in [5, 5.41) is 2.27. The second kappa shape index (κ2) is 9.62. The molecule has 0 unspecified atom stereocenters. The minimum absolute atomic E-state index is 0.0659. The van der Waals surface area contributed by atoms with E-state index in [-0.39, 0.29) is 43.7 Å². The fourth-order valence-electron chi connectivity index (χ4n) is 3.39. The van der Waals surface area contributed by atoms with Gasteiger partial charge in [0, 0.05) is 13.2 Å². The van der Waals surface area contributed by atoms with Crippen LogP contribution in [0, 0.1) is 0 Å². The van der Waals surface area contributed by atoms with Gasteiger partial charge in [-0.25, -0.2) is 0 Å². The molecule has 3 amide bonds. The predicted molar refractivity (Wildman–Crippen MR) is 116 cm³/mol. The van der Waals surface area contributed by atoms with Crippen LogP contribution in [0.4, 0.5) is 0 Å². The van der Waals surface area contributed by atoms with Gasteiger partial charge in [0.05, 0.1) is 37.3 Å². The van der Waals surface area contributed by atoms with Crippen molar-refractivity contribution in [2.45, 2.75) is 31.4 Å². The number of carbonyl (C=O) groups excluding carboxylic acids is 3. The summed E-state index contributed by atoms with van der Waals surface area (Å²) in [5.74, 6) is -1.30. The summed E-state index contributed by atoms with van der Waals surface area (Å²) >= 11 is 26.0. The van der Waals surface area contributed by atoms with Crippen LogP contribution >= 0.6 is 58.2 Å². The molecule has 158 valence electrons. The molecule has 1 aromatic carbocycles. The molecule has 11 heteroatoms. The molecule has 0 spiro atoms. The number of rotatable bonds is 7. The van der Waals surface area contributed by atoms with E-state index in [0.29, 0.717) is 18.9 Å². The Bertz CT molecular complexity index is 814. The lowest BCUT2D eigenvalue weighted by Crippen LogP contribution is -2.51. The molecule has 1 N–H and O–H groups in total. The number of hydrogen-bond donors (Lipinski definition) is 1. The minimum atomic E-state index is -1.01. The first kappa shape index (κ1) is 23.0. The molecule has 6 nitrogen and oxygen atoms in total. The molecule has 0 radical (unpaired) electrons. The number of thioether (sulfide) groups is 1. The second-order valence-corrected chi connectivity index (χ2v) is 9.16. The summed E-state index contributed by atoms with van der Waals surface area (Å²) in [6.45, 7) is 0.976. The SMILES string of the molecule is CSCC[C@@H](C(=O)NC[C@@H]1CCCO1)N1C(=O)c2c(Cl)c(Cl)c(Cl)c(Cl)c2C1=O. The van der Waals surface area contributed by atoms with E-state index >= 15 is 0 Å². The van der Waals surface area contributed by atoms with Gasteiger partial charge in [-0.3, -0.25) is 19.3 Å². The summed E-state index contributed by atoms with van der Waals surface area (Å²) in [4.78, 5) is 39.9. The van der Waals surface area contributed by atoms with Gasteiger partial charge in [-0.1, -0.05) is 46.4 Å². The third-order valence-corrected chi connectivity index (χ3v) is 7.32. The monoisotopic (exact) mass is 498 g/mol. The highest BCUT2D eigenvalue weighted by Crippen LogP contribution is 2.45. The molecular weight excluding hydrogens is 482 g/mol. The second-order valence-electron chi connectivity index (χ2n) is 6.66. The molecule has 0 aliphatic carbocycles. The van der Waals surface area contributed by atoms with Crippen molar-refractivity contribution < 1.29 is 19.1 Å². The maximum atomic E-state index is 13.1. The highest BCUT2D eigenvalue weighted by atomic mass is 35.5. The molecule has 2 heterocycles. The van der Waals surface area contributed by atoms with Gasteiger partial charge in [-0.2, -0.15) is 11.8 Å². The number of nitrogens with zero attached hydrogens (tertiary/aromatic N) is 1. The lowest BCUT2D eigenvalue weighted by atomic mass is 10.1. The van der Waals surface area contributed by atoms with E-state index in [1.165, 1.54) is 11.8 Å². The zero-order valence-corrected chi connectivity index (χ0v) is 19.2. The molecule has 0 bridgehead atoms. The Morgan fingerprint density at radius 2 is 1.72 bits per heavy atom. The quantitative estimate of drug-likeness (QED) is 0.343. The summed E-state index contributed by atoms with van der Waals surface area (Å²) in [6, 6.07) is -1.01. The van der Waals surface area contributed by atoms with Crippen LogP contribution in [-0.4, -0.2) is 59.9 Å². The van der Waals surface area contributed by atoms with Crippen LogP contribution in [0.15, 0.2) is 0 Å². The van der Waals surface area contributed by atoms with Crippen LogP contribution in [0.3, 0.4) is 0 Å². The Labute approximate surface area is 192 Å². The summed E-state index contributed by atoms with van der Waals surface area (Å²) < 4.78 is 5.51. The molecule has 0 saturated carbocycles. The lowest BCUT2D eigenvalue weighted by molar-refractivity contribution is -0.125. The van der Waals surface area contributed by atoms with Gasteiger partial charge >= 0.3 is 0 Å². The third-order valence-electron chi connectivity index (χ3n) is 4.87. The van der Waals surface area contributed by atoms with E-state index in [2.05, 4.69) is 5.32 Å². The van der Waals surface area contributed by atoms with E-state index in [0.717, 1.165) is 17.7 Å². The number of halogens is 4. The Kier molecular flexibility index (Phi) is 7.62. The first-order valence-electron chi connectivity index (χ1n) is 8.91. The number of carbonyl (C=O) groups is 3. The summed E-state index contributed by atoms with van der Waals surface area (Å²) in [5.41, 5.74) is -0.255. The fraction of sp³-hybridized carbons (Fsp3) is 0.500. The number of amides is 3. The molecule has 3 rings (SSSR count). The van der Waals surface area contributed by atoms with Crippen LogP contribution in [0.2, 0.25) is 20.1 Å². The van der Waals surface area contributed by atoms with Crippen molar-refractivity contribution in [2.75, 3.05) is 25.2 Å². The average molecular weight is 500 g/mol. The van der Waals surface area contributed by atoms with Crippen molar-refractivity contribution in [1.82, 2.24) is 10.2 Å². The van der Waals surface area contributed by atoms with E-state index in [9.17, 15) is 14.4 Å². The van der Waals surface area contributed by atoms with Crippen LogP contribution in [0.1, 0.15) is 40.0 Å². The van der Waals surface area contributed by atoms with Crippen molar-refractivity contribution in [1.29, 1.82) is 0 Å². The van der Waals surface area contributed by atoms with Crippen molar-refractivity contribution in [3.63, 3.8) is 0 Å². The summed E-state index contributed by atoms with van der Waals surface area (Å²) in [7, 11) is 0. The number of nitrogens with one attached hydrogen (secondary N) is 1. The van der Waals surface area contributed by atoms with E-state index in [1.54, 1.807) is 0 Å². The van der Waals surface area contributed by atoms with E-state index < -0.39 is 23.8 Å². The number of fused-ring (bicyclic) bond motifs is 1. The van der Waals surface area contributed by atoms with Gasteiger partial charge in [-0.15, -0.1) is 0 Å². The molecule has 0 aromatic heterocycles. The van der Waals surface area contributed by atoms with E-state index in [4.69, 9.17) is 51.1 Å². The molecule has 2 atom stereocenters. The van der Waals surface area contributed by atoms with Crippen molar-refractivity contribution in [3.05, 3.63) is 31.2 Å². The molecule has 1 saturated heterocycles. The lowest BCUT2D eigenvalue weighted by Gasteiger charge is -2.25. The Morgan fingerprint density at radius 3 is 2.21 bits per heavy atom. The van der Waals surface area contributed by atoms with Crippen LogP contribution < -0.4 is 5.32 Å². The van der Waals surface area contributed by atoms with Crippen molar-refractivity contribution in [3.8, 4) is 0 Å². The molecule has 1 fully saturated rings. The van der Waals surface area contributed by atoms with Crippen molar-refractivity contribution >= 4 is 75.9 Å². The standard InChI is InChI=1S/C18H18Cl4N2O4S/c1-29-6-4-9(16(25)23-7-8-3-2-5-28-8)24-17(26)10-11(18(24)27)13(20)15(22)14(21)12(10)19/h8-9H,2-7H2,1H3,(H,23,25)/t8-,9-/m0/s1. The number of hydrogen-bond acceptors (Lipinski definition) is 5. The maximum Gasteiger partial charge on any atom is 0.263 e. The van der Waals surface area contributed by atoms with Gasteiger partial charge in [0.1, 0.15) is 6.04 Å². The van der Waals surface area contributed by atoms with Gasteiger partial charge in [0.2, 0.25) is 5.91 Å². The Balaban J connectivity index is 1.90. The maximum absolute atomic E-state index is 13.1. The highest BCUT2D eigenvalue weighted by Gasteiger charge is 2.46. The van der Waals surface area contributed by atoms with Gasteiger partial charge in [-0.05, 0) is 31.3 Å². The van der Waals surface area contributed by atoms with Crippen LogP contribution in [0.5, 0.6) is 0 Å². The van der Waals surface area contributed by atoms with E-state index in [1.807, 2.05) is 6.26 Å². The molecule has 29 heavy (non-hydrogen) atoms. The molecule has 1 aromatic rings. The smallest absolute Gasteiger partial charge is 0.263 e. The van der Waals surface area contributed by atoms with Crippen molar-refractivity contribution in [2.24, 2.45) is 0 Å². The number of benzene rings is 1. The Hall–Kier alpha value is -0.700. The molecule has 2 aliphatic heterocycles. The predicted octanol–water partition coefficient (Wildman–Crippen LogP) is 4.31. The van der Waals surface area contributed by atoms with Gasteiger partial charge in [0.25, 0.3) is 11.8 Å². The minimum Gasteiger partial charge on any atom is -0.376 e. The largest absolute Gasteiger partial charge is 0.376 e. The topological polar surface area (TPSA) is 75.7 Å². The fourth-order valence-corrected chi connectivity index (χ4v) is 4.87. The zero-order chi connectivity index (χ0) is 21.3. The molecular formula is C18H18Cl4N2O4S. The third kappa shape index (κ3) is 4.36. The number of imide groups is 1. The Morgan fingerprint density at radius 1 is 1.14 bits per heavy atom. The number of ether oxygens (including phenoxy) is 1. The van der Waals surface area contributed by atoms with Crippen LogP contribution in [0.25, 0.3) is 0 Å². The highest BCUT2D eigenvalue weighted by molar-refractivity contribution is 7.98. The van der Waals surface area contributed by atoms with Gasteiger partial charge in [0.15, 0.2) is 0 Å². The zero-order valence-electron chi connectivity index (χ0n) is 15.4. The first-order valence-corrected chi connectivity index (χ1v) is 11.8. The normalized spacial score (nSPS) is 19.6.